The lowest BCUT2D eigenvalue weighted by molar-refractivity contribution is 0.660. The summed E-state index contributed by atoms with van der Waals surface area (Å²) in [6.45, 7) is 4.72. The molecule has 0 spiro atoms. The molecule has 2 nitrogen and oxygen atoms in total. The molecule has 0 aliphatic heterocycles. The minimum absolute atomic E-state index is 0.0915. The highest BCUT2D eigenvalue weighted by Gasteiger charge is 2.35. The number of rotatable bonds is 4. The minimum atomic E-state index is -0.0915. The van der Waals surface area contributed by atoms with Crippen LogP contribution >= 0.6 is 11.3 Å². The van der Waals surface area contributed by atoms with Crippen LogP contribution in [0.25, 0.3) is 69.6 Å². The first-order valence-corrected chi connectivity index (χ1v) is 18.8. The molecule has 0 fully saturated rings. The lowest BCUT2D eigenvalue weighted by Gasteiger charge is -2.28. The van der Waals surface area contributed by atoms with Crippen LogP contribution < -0.4 is 4.90 Å². The Morgan fingerprint density at radius 2 is 1.15 bits per heavy atom. The maximum Gasteiger partial charge on any atom is 0.0548 e. The molecular formula is C49H34N2S. The van der Waals surface area contributed by atoms with Crippen molar-refractivity contribution in [3.63, 3.8) is 0 Å². The number of fused-ring (bicyclic) bond motifs is 11. The Morgan fingerprint density at radius 3 is 2.06 bits per heavy atom. The van der Waals surface area contributed by atoms with Crippen molar-refractivity contribution >= 4 is 81.1 Å². The number of para-hydroxylation sites is 1. The third-order valence-electron chi connectivity index (χ3n) is 11.4. The summed E-state index contributed by atoms with van der Waals surface area (Å²) in [5.41, 5.74) is 12.4. The predicted octanol–water partition coefficient (Wildman–Crippen LogP) is 14.1. The number of nitrogens with zero attached hydrogens (tertiary/aromatic N) is 2. The Morgan fingerprint density at radius 1 is 0.462 bits per heavy atom. The van der Waals surface area contributed by atoms with E-state index in [0.717, 1.165) is 17.1 Å². The molecule has 1 aliphatic carbocycles. The Balaban J connectivity index is 1.22. The number of hydrogen-bond acceptors (Lipinski definition) is 2. The van der Waals surface area contributed by atoms with Gasteiger partial charge in [-0.05, 0) is 94.4 Å². The third-order valence-corrected chi connectivity index (χ3v) is 12.5. The molecule has 0 atom stereocenters. The van der Waals surface area contributed by atoms with Crippen LogP contribution in [0.2, 0.25) is 0 Å². The second-order valence-corrected chi connectivity index (χ2v) is 15.6. The molecule has 3 heteroatoms. The average Bonchev–Trinajstić information content (AvgIpc) is 3.80. The lowest BCUT2D eigenvalue weighted by Crippen LogP contribution is -2.16. The summed E-state index contributed by atoms with van der Waals surface area (Å²) in [7, 11) is 0. The van der Waals surface area contributed by atoms with E-state index >= 15 is 0 Å². The zero-order chi connectivity index (χ0) is 34.6. The quantitative estimate of drug-likeness (QED) is 0.179. The Kier molecular flexibility index (Phi) is 6.21. The highest BCUT2D eigenvalue weighted by molar-refractivity contribution is 7.26. The molecule has 0 radical (unpaired) electrons. The van der Waals surface area contributed by atoms with Gasteiger partial charge in [-0.3, -0.25) is 0 Å². The fourth-order valence-electron chi connectivity index (χ4n) is 8.97. The van der Waals surface area contributed by atoms with E-state index in [1.807, 2.05) is 11.3 Å². The van der Waals surface area contributed by atoms with Gasteiger partial charge in [0, 0.05) is 58.8 Å². The van der Waals surface area contributed by atoms with E-state index in [9.17, 15) is 0 Å². The molecule has 2 aromatic heterocycles. The standard InChI is InChI=1S/C49H34N2S/c1-49(2)40-20-10-8-18-36(40)37-25-23-34(30-41(37)49)50(32-15-4-3-5-16-32)33-24-26-43-39(29-33)47-44(27-28-46-48(47)38-19-9-11-22-45(38)52-46)51(43)42-21-12-14-31-13-6-7-17-35(31)42/h3-30H,1-2H3. The normalized spacial score (nSPS) is 13.3. The monoisotopic (exact) mass is 682 g/mol. The maximum absolute atomic E-state index is 2.49. The van der Waals surface area contributed by atoms with Gasteiger partial charge in [0.05, 0.1) is 16.7 Å². The van der Waals surface area contributed by atoms with E-state index in [-0.39, 0.29) is 5.41 Å². The first-order valence-electron chi connectivity index (χ1n) is 18.0. The van der Waals surface area contributed by atoms with Crippen LogP contribution in [0.4, 0.5) is 17.1 Å². The molecule has 2 heterocycles. The van der Waals surface area contributed by atoms with Gasteiger partial charge in [0.25, 0.3) is 0 Å². The van der Waals surface area contributed by atoms with Crippen LogP contribution in [-0.4, -0.2) is 4.57 Å². The van der Waals surface area contributed by atoms with Crippen molar-refractivity contribution in [3.8, 4) is 16.8 Å². The van der Waals surface area contributed by atoms with E-state index in [1.54, 1.807) is 0 Å². The zero-order valence-corrected chi connectivity index (χ0v) is 29.8. The SMILES string of the molecule is CC1(C)c2ccccc2-c2ccc(N(c3ccccc3)c3ccc4c(c3)c3c5c(ccc3n4-c3cccc4ccccc34)sc3ccccc35)cc21. The summed E-state index contributed by atoms with van der Waals surface area (Å²) < 4.78 is 5.13. The fourth-order valence-corrected chi connectivity index (χ4v) is 10.1. The number of anilines is 3. The molecular weight excluding hydrogens is 649 g/mol. The van der Waals surface area contributed by atoms with E-state index < -0.39 is 0 Å². The summed E-state index contributed by atoms with van der Waals surface area (Å²) in [5, 5.41) is 7.70. The Labute approximate surface area is 306 Å². The molecule has 0 saturated carbocycles. The number of benzene rings is 8. The number of hydrogen-bond donors (Lipinski definition) is 0. The van der Waals surface area contributed by atoms with E-state index in [0.29, 0.717) is 0 Å². The van der Waals surface area contributed by atoms with Crippen LogP contribution in [0.1, 0.15) is 25.0 Å². The smallest absolute Gasteiger partial charge is 0.0548 e. The van der Waals surface area contributed by atoms with Gasteiger partial charge >= 0.3 is 0 Å². The predicted molar refractivity (Wildman–Crippen MR) is 223 cm³/mol. The Bertz CT molecular complexity index is 3050. The van der Waals surface area contributed by atoms with Crippen molar-refractivity contribution in [2.45, 2.75) is 19.3 Å². The molecule has 8 aromatic carbocycles. The largest absolute Gasteiger partial charge is 0.310 e. The molecule has 0 amide bonds. The summed E-state index contributed by atoms with van der Waals surface area (Å²) in [6.07, 6.45) is 0. The Hall–Kier alpha value is -6.16. The molecule has 246 valence electrons. The molecule has 0 unspecified atom stereocenters. The molecule has 0 saturated heterocycles. The fraction of sp³-hybridized carbons (Fsp3) is 0.0612. The first-order chi connectivity index (χ1) is 25.6. The summed E-state index contributed by atoms with van der Waals surface area (Å²) >= 11 is 1.88. The van der Waals surface area contributed by atoms with Crippen LogP contribution in [0.15, 0.2) is 170 Å². The highest BCUT2D eigenvalue weighted by Crippen LogP contribution is 2.51. The van der Waals surface area contributed by atoms with E-state index in [2.05, 4.69) is 193 Å². The van der Waals surface area contributed by atoms with Gasteiger partial charge < -0.3 is 9.47 Å². The van der Waals surface area contributed by atoms with Gasteiger partial charge in [-0.1, -0.05) is 117 Å². The van der Waals surface area contributed by atoms with Gasteiger partial charge in [0.15, 0.2) is 0 Å². The second-order valence-electron chi connectivity index (χ2n) is 14.5. The zero-order valence-electron chi connectivity index (χ0n) is 29.0. The van der Waals surface area contributed by atoms with Gasteiger partial charge in [-0.25, -0.2) is 0 Å². The van der Waals surface area contributed by atoms with Crippen molar-refractivity contribution in [1.29, 1.82) is 0 Å². The third kappa shape index (κ3) is 4.11. The second kappa shape index (κ2) is 10.9. The van der Waals surface area contributed by atoms with Gasteiger partial charge in [-0.2, -0.15) is 0 Å². The van der Waals surface area contributed by atoms with Crippen LogP contribution in [0, 0.1) is 0 Å². The number of aromatic nitrogens is 1. The molecule has 11 rings (SSSR count). The molecule has 10 aromatic rings. The maximum atomic E-state index is 2.49. The van der Waals surface area contributed by atoms with Crippen molar-refractivity contribution in [2.24, 2.45) is 0 Å². The van der Waals surface area contributed by atoms with Crippen molar-refractivity contribution in [1.82, 2.24) is 4.57 Å². The van der Waals surface area contributed by atoms with E-state index in [1.165, 1.54) is 80.7 Å². The summed E-state index contributed by atoms with van der Waals surface area (Å²) in [6, 6.07) is 62.8. The first kappa shape index (κ1) is 29.6. The van der Waals surface area contributed by atoms with Crippen molar-refractivity contribution in [2.75, 3.05) is 4.90 Å². The van der Waals surface area contributed by atoms with Gasteiger partial charge in [0.1, 0.15) is 0 Å². The average molecular weight is 683 g/mol. The summed E-state index contributed by atoms with van der Waals surface area (Å²) in [4.78, 5) is 2.44. The number of thiophene rings is 1. The highest BCUT2D eigenvalue weighted by atomic mass is 32.1. The van der Waals surface area contributed by atoms with Gasteiger partial charge in [0.2, 0.25) is 0 Å². The topological polar surface area (TPSA) is 8.17 Å². The molecule has 0 N–H and O–H groups in total. The minimum Gasteiger partial charge on any atom is -0.310 e. The van der Waals surface area contributed by atoms with Crippen molar-refractivity contribution in [3.05, 3.63) is 181 Å². The van der Waals surface area contributed by atoms with Crippen LogP contribution in [-0.2, 0) is 5.41 Å². The summed E-state index contributed by atoms with van der Waals surface area (Å²) in [5.74, 6) is 0. The molecule has 1 aliphatic rings. The molecule has 0 bridgehead atoms. The van der Waals surface area contributed by atoms with Crippen LogP contribution in [0.5, 0.6) is 0 Å². The van der Waals surface area contributed by atoms with E-state index in [4.69, 9.17) is 0 Å². The van der Waals surface area contributed by atoms with Gasteiger partial charge in [-0.15, -0.1) is 11.3 Å². The molecule has 52 heavy (non-hydrogen) atoms. The lowest BCUT2D eigenvalue weighted by atomic mass is 9.82. The van der Waals surface area contributed by atoms with Crippen LogP contribution in [0.3, 0.4) is 0 Å². The van der Waals surface area contributed by atoms with Crippen molar-refractivity contribution < 1.29 is 0 Å².